The fraction of sp³-hybridized carbons (Fsp3) is 0.267. The molecule has 0 bridgehead atoms. The first-order valence-electron chi connectivity index (χ1n) is 6.74. The van der Waals surface area contributed by atoms with Gasteiger partial charge in [-0.05, 0) is 0 Å². The van der Waals surface area contributed by atoms with Crippen LogP contribution < -0.4 is 11.1 Å². The third kappa shape index (κ3) is 5.14. The molecule has 0 amide bonds. The van der Waals surface area contributed by atoms with Crippen LogP contribution in [-0.2, 0) is 0 Å². The predicted molar refractivity (Wildman–Crippen MR) is 98.3 cm³/mol. The summed E-state index contributed by atoms with van der Waals surface area (Å²) in [4.78, 5) is 8.62. The van der Waals surface area contributed by atoms with Gasteiger partial charge in [0.2, 0.25) is 11.7 Å². The molecule has 0 aliphatic heterocycles. The fourth-order valence-electron chi connectivity index (χ4n) is 1.69. The molecule has 1 heterocycles. The average molecular weight is 413 g/mol. The normalized spacial score (nSPS) is 12.3. The lowest BCUT2D eigenvalue weighted by atomic mass is 10.2. The van der Waals surface area contributed by atoms with E-state index in [0.717, 1.165) is 5.56 Å². The smallest absolute Gasteiger partial charge is 0.231 e. The molecule has 0 radical (unpaired) electrons. The van der Waals surface area contributed by atoms with Crippen molar-refractivity contribution in [2.24, 2.45) is 10.7 Å². The van der Waals surface area contributed by atoms with Crippen LogP contribution in [0.3, 0.4) is 0 Å². The number of nitrogens with zero attached hydrogens (tertiary/aromatic N) is 3. The SMILES string of the molecule is C=CCNC(N)=NCC(C)c1nc(-c2ccccc2)no1.I. The van der Waals surface area contributed by atoms with E-state index in [1.165, 1.54) is 0 Å². The Kier molecular flexibility index (Phi) is 7.58. The van der Waals surface area contributed by atoms with Gasteiger partial charge in [-0.25, -0.2) is 0 Å². The quantitative estimate of drug-likeness (QED) is 0.329. The molecule has 6 nitrogen and oxygen atoms in total. The Morgan fingerprint density at radius 1 is 1.45 bits per heavy atom. The number of hydrogen-bond acceptors (Lipinski definition) is 4. The van der Waals surface area contributed by atoms with Crippen molar-refractivity contribution in [2.75, 3.05) is 13.1 Å². The molecule has 2 aromatic rings. The minimum atomic E-state index is -0.000886. The van der Waals surface area contributed by atoms with Crippen LogP contribution in [0.4, 0.5) is 0 Å². The highest BCUT2D eigenvalue weighted by Gasteiger charge is 2.14. The van der Waals surface area contributed by atoms with Crippen LogP contribution in [-0.4, -0.2) is 29.2 Å². The monoisotopic (exact) mass is 413 g/mol. The summed E-state index contributed by atoms with van der Waals surface area (Å²) in [5.41, 5.74) is 6.63. The van der Waals surface area contributed by atoms with Crippen molar-refractivity contribution in [3.63, 3.8) is 0 Å². The minimum absolute atomic E-state index is 0. The summed E-state index contributed by atoms with van der Waals surface area (Å²) in [6, 6.07) is 9.69. The molecule has 0 aliphatic carbocycles. The second-order valence-corrected chi connectivity index (χ2v) is 4.62. The van der Waals surface area contributed by atoms with E-state index in [0.29, 0.717) is 30.8 Å². The number of benzene rings is 1. The summed E-state index contributed by atoms with van der Waals surface area (Å²) >= 11 is 0. The van der Waals surface area contributed by atoms with E-state index in [4.69, 9.17) is 10.3 Å². The predicted octanol–water partition coefficient (Wildman–Crippen LogP) is 2.55. The van der Waals surface area contributed by atoms with E-state index in [-0.39, 0.29) is 29.9 Å². The first kappa shape index (κ1) is 18.1. The number of guanidine groups is 1. The highest BCUT2D eigenvalue weighted by Crippen LogP contribution is 2.19. The third-order valence-corrected chi connectivity index (χ3v) is 2.86. The van der Waals surface area contributed by atoms with Crippen molar-refractivity contribution in [1.82, 2.24) is 15.5 Å². The molecule has 3 N–H and O–H groups in total. The van der Waals surface area contributed by atoms with Gasteiger partial charge in [-0.15, -0.1) is 30.6 Å². The van der Waals surface area contributed by atoms with E-state index in [1.54, 1.807) is 6.08 Å². The zero-order valence-corrected chi connectivity index (χ0v) is 14.7. The van der Waals surface area contributed by atoms with E-state index in [2.05, 4.69) is 27.0 Å². The molecular weight excluding hydrogens is 393 g/mol. The average Bonchev–Trinajstić information content (AvgIpc) is 3.01. The lowest BCUT2D eigenvalue weighted by Crippen LogP contribution is -2.32. The Morgan fingerprint density at radius 2 is 2.18 bits per heavy atom. The summed E-state index contributed by atoms with van der Waals surface area (Å²) in [6.45, 7) is 6.63. The number of aromatic nitrogens is 2. The zero-order valence-electron chi connectivity index (χ0n) is 12.4. The van der Waals surface area contributed by atoms with Crippen LogP contribution in [0.25, 0.3) is 11.4 Å². The van der Waals surface area contributed by atoms with E-state index in [1.807, 2.05) is 37.3 Å². The molecule has 0 saturated carbocycles. The molecule has 0 aliphatic rings. The van der Waals surface area contributed by atoms with Crippen LogP contribution in [0.5, 0.6) is 0 Å². The molecule has 0 saturated heterocycles. The molecule has 118 valence electrons. The fourth-order valence-corrected chi connectivity index (χ4v) is 1.69. The van der Waals surface area contributed by atoms with Crippen LogP contribution in [0.15, 0.2) is 52.5 Å². The minimum Gasteiger partial charge on any atom is -0.370 e. The molecule has 0 fully saturated rings. The Hall–Kier alpha value is -1.90. The van der Waals surface area contributed by atoms with Crippen molar-refractivity contribution in [1.29, 1.82) is 0 Å². The number of rotatable bonds is 6. The molecule has 1 aromatic heterocycles. The molecule has 1 unspecified atom stereocenters. The summed E-state index contributed by atoms with van der Waals surface area (Å²) in [6.07, 6.45) is 1.72. The molecular formula is C15H20IN5O. The Balaban J connectivity index is 0.00000242. The van der Waals surface area contributed by atoms with Crippen LogP contribution in [0, 0.1) is 0 Å². The van der Waals surface area contributed by atoms with Gasteiger partial charge in [-0.2, -0.15) is 4.98 Å². The van der Waals surface area contributed by atoms with Crippen molar-refractivity contribution in [2.45, 2.75) is 12.8 Å². The Bertz CT molecular complexity index is 611. The van der Waals surface area contributed by atoms with Crippen molar-refractivity contribution < 1.29 is 4.52 Å². The second kappa shape index (κ2) is 9.19. The number of aliphatic imine (C=N–C) groups is 1. The summed E-state index contributed by atoms with van der Waals surface area (Å²) in [7, 11) is 0. The van der Waals surface area contributed by atoms with E-state index < -0.39 is 0 Å². The van der Waals surface area contributed by atoms with Gasteiger partial charge in [-0.1, -0.05) is 48.5 Å². The molecule has 22 heavy (non-hydrogen) atoms. The van der Waals surface area contributed by atoms with E-state index >= 15 is 0 Å². The van der Waals surface area contributed by atoms with Gasteiger partial charge in [0.05, 0.1) is 12.5 Å². The molecule has 2 rings (SSSR count). The lowest BCUT2D eigenvalue weighted by molar-refractivity contribution is 0.361. The van der Waals surface area contributed by atoms with E-state index in [9.17, 15) is 0 Å². The van der Waals surface area contributed by atoms with Gasteiger partial charge >= 0.3 is 0 Å². The maximum absolute atomic E-state index is 5.71. The molecule has 7 heteroatoms. The zero-order chi connectivity index (χ0) is 15.1. The van der Waals surface area contributed by atoms with Crippen LogP contribution in [0.2, 0.25) is 0 Å². The standard InChI is InChI=1S/C15H19N5O.HI/c1-3-9-17-15(16)18-10-11(2)14-19-13(20-21-14)12-7-5-4-6-8-12;/h3-8,11H,1,9-10H2,2H3,(H3,16,17,18);1H. The van der Waals surface area contributed by atoms with Gasteiger partial charge in [0, 0.05) is 12.1 Å². The topological polar surface area (TPSA) is 89.3 Å². The lowest BCUT2D eigenvalue weighted by Gasteiger charge is -2.04. The number of halogens is 1. The largest absolute Gasteiger partial charge is 0.370 e. The second-order valence-electron chi connectivity index (χ2n) is 4.62. The van der Waals surface area contributed by atoms with Gasteiger partial charge in [-0.3, -0.25) is 4.99 Å². The number of nitrogens with two attached hydrogens (primary N) is 1. The van der Waals surface area contributed by atoms with Crippen molar-refractivity contribution in [3.05, 3.63) is 48.9 Å². The van der Waals surface area contributed by atoms with Crippen LogP contribution in [0.1, 0.15) is 18.7 Å². The van der Waals surface area contributed by atoms with Gasteiger partial charge in [0.25, 0.3) is 0 Å². The maximum Gasteiger partial charge on any atom is 0.231 e. The highest BCUT2D eigenvalue weighted by molar-refractivity contribution is 14.0. The van der Waals surface area contributed by atoms with Gasteiger partial charge < -0.3 is 15.6 Å². The summed E-state index contributed by atoms with van der Waals surface area (Å²) in [5, 5.41) is 6.90. The highest BCUT2D eigenvalue weighted by atomic mass is 127. The Labute approximate surface area is 146 Å². The van der Waals surface area contributed by atoms with Gasteiger partial charge in [0.1, 0.15) is 0 Å². The maximum atomic E-state index is 5.71. The third-order valence-electron chi connectivity index (χ3n) is 2.86. The Morgan fingerprint density at radius 3 is 2.86 bits per heavy atom. The molecule has 1 atom stereocenters. The number of hydrogen-bond donors (Lipinski definition) is 2. The first-order valence-corrected chi connectivity index (χ1v) is 6.74. The van der Waals surface area contributed by atoms with Crippen molar-refractivity contribution >= 4 is 29.9 Å². The molecule has 1 aromatic carbocycles. The first-order chi connectivity index (χ1) is 10.2. The van der Waals surface area contributed by atoms with Gasteiger partial charge in [0.15, 0.2) is 5.96 Å². The summed E-state index contributed by atoms with van der Waals surface area (Å²) < 4.78 is 5.29. The number of nitrogens with one attached hydrogen (secondary N) is 1. The van der Waals surface area contributed by atoms with Crippen LogP contribution >= 0.6 is 24.0 Å². The summed E-state index contributed by atoms with van der Waals surface area (Å²) in [5.74, 6) is 1.51. The molecule has 0 spiro atoms. The van der Waals surface area contributed by atoms with Crippen molar-refractivity contribution in [3.8, 4) is 11.4 Å².